The van der Waals surface area contributed by atoms with Gasteiger partial charge in [-0.2, -0.15) is 23.3 Å². The summed E-state index contributed by atoms with van der Waals surface area (Å²) in [5, 5.41) is 9.44. The van der Waals surface area contributed by atoms with Gasteiger partial charge < -0.3 is 10.6 Å². The van der Waals surface area contributed by atoms with Crippen LogP contribution in [0.2, 0.25) is 0 Å². The summed E-state index contributed by atoms with van der Waals surface area (Å²) >= 11 is 0. The maximum absolute atomic E-state index is 12.8. The van der Waals surface area contributed by atoms with Crippen molar-refractivity contribution in [1.82, 2.24) is 24.7 Å². The molecule has 0 aromatic carbocycles. The van der Waals surface area contributed by atoms with Gasteiger partial charge in [0.2, 0.25) is 5.95 Å². The molecule has 0 saturated carbocycles. The van der Waals surface area contributed by atoms with Gasteiger partial charge in [-0.15, -0.1) is 0 Å². The smallest absolute Gasteiger partial charge is 0.363 e. The van der Waals surface area contributed by atoms with E-state index in [0.29, 0.717) is 12.4 Å². The first-order valence-electron chi connectivity index (χ1n) is 6.17. The molecule has 21 heavy (non-hydrogen) atoms. The number of rotatable bonds is 5. The molecule has 0 saturated heterocycles. The summed E-state index contributed by atoms with van der Waals surface area (Å²) in [6.07, 6.45) is -3.03. The summed E-state index contributed by atoms with van der Waals surface area (Å²) in [5.74, 6) is 0.430. The molecule has 0 aliphatic carbocycles. The summed E-state index contributed by atoms with van der Waals surface area (Å²) in [6.45, 7) is 2.33. The highest BCUT2D eigenvalue weighted by atomic mass is 19.4. The molecule has 0 atom stereocenters. The molecule has 0 fully saturated rings. The maximum atomic E-state index is 12.8. The fourth-order valence-electron chi connectivity index (χ4n) is 1.55. The Labute approximate surface area is 118 Å². The fraction of sp³-hybridized carbons (Fsp3) is 0.455. The Morgan fingerprint density at radius 2 is 2.00 bits per heavy atom. The highest BCUT2D eigenvalue weighted by Gasteiger charge is 2.33. The lowest BCUT2D eigenvalue weighted by Crippen LogP contribution is -2.14. The van der Waals surface area contributed by atoms with Crippen molar-refractivity contribution < 1.29 is 13.2 Å². The van der Waals surface area contributed by atoms with E-state index >= 15 is 0 Å². The van der Waals surface area contributed by atoms with Crippen LogP contribution in [0.3, 0.4) is 0 Å². The van der Waals surface area contributed by atoms with E-state index in [1.807, 2.05) is 0 Å². The van der Waals surface area contributed by atoms with E-state index in [1.54, 1.807) is 14.0 Å². The minimum absolute atomic E-state index is 0.0562. The fourth-order valence-corrected chi connectivity index (χ4v) is 1.55. The number of anilines is 2. The van der Waals surface area contributed by atoms with Crippen molar-refractivity contribution in [3.05, 3.63) is 23.9 Å². The first kappa shape index (κ1) is 15.0. The number of alkyl halides is 3. The molecular weight excluding hydrogens is 287 g/mol. The number of hydrogen-bond acceptors (Lipinski definition) is 6. The van der Waals surface area contributed by atoms with Gasteiger partial charge in [-0.3, -0.25) is 4.68 Å². The quantitative estimate of drug-likeness (QED) is 0.874. The Morgan fingerprint density at radius 1 is 1.24 bits per heavy atom. The summed E-state index contributed by atoms with van der Waals surface area (Å²) in [5.41, 5.74) is -1.01. The SMILES string of the molecule is CCNc1nc(NCc2ncn(C)n2)cc(C(F)(F)F)n1. The van der Waals surface area contributed by atoms with E-state index < -0.39 is 11.9 Å². The highest BCUT2D eigenvalue weighted by molar-refractivity contribution is 5.43. The van der Waals surface area contributed by atoms with Gasteiger partial charge in [0.25, 0.3) is 0 Å². The first-order valence-corrected chi connectivity index (χ1v) is 6.17. The zero-order valence-electron chi connectivity index (χ0n) is 11.4. The Balaban J connectivity index is 2.19. The van der Waals surface area contributed by atoms with Crippen LogP contribution in [0.15, 0.2) is 12.4 Å². The highest BCUT2D eigenvalue weighted by Crippen LogP contribution is 2.29. The van der Waals surface area contributed by atoms with Gasteiger partial charge in [-0.1, -0.05) is 0 Å². The van der Waals surface area contributed by atoms with Crippen LogP contribution in [0.1, 0.15) is 18.4 Å². The van der Waals surface area contributed by atoms with Crippen LogP contribution in [0.4, 0.5) is 24.9 Å². The molecule has 2 rings (SSSR count). The maximum Gasteiger partial charge on any atom is 0.433 e. The van der Waals surface area contributed by atoms with Crippen molar-refractivity contribution >= 4 is 11.8 Å². The van der Waals surface area contributed by atoms with E-state index in [4.69, 9.17) is 0 Å². The average molecular weight is 301 g/mol. The van der Waals surface area contributed by atoms with Crippen molar-refractivity contribution in [3.8, 4) is 0 Å². The summed E-state index contributed by atoms with van der Waals surface area (Å²) in [7, 11) is 1.70. The molecule has 2 aromatic rings. The molecule has 10 heteroatoms. The van der Waals surface area contributed by atoms with E-state index in [2.05, 4.69) is 30.7 Å². The molecule has 0 aliphatic rings. The largest absolute Gasteiger partial charge is 0.433 e. The first-order chi connectivity index (χ1) is 9.88. The van der Waals surface area contributed by atoms with Crippen LogP contribution in [0.5, 0.6) is 0 Å². The molecule has 2 N–H and O–H groups in total. The van der Waals surface area contributed by atoms with Crippen molar-refractivity contribution in [2.75, 3.05) is 17.2 Å². The molecule has 0 radical (unpaired) electrons. The van der Waals surface area contributed by atoms with Gasteiger partial charge in [-0.25, -0.2) is 9.97 Å². The second-order valence-corrected chi connectivity index (χ2v) is 4.18. The van der Waals surface area contributed by atoms with Gasteiger partial charge in [0, 0.05) is 19.7 Å². The third-order valence-corrected chi connectivity index (χ3v) is 2.43. The van der Waals surface area contributed by atoms with Gasteiger partial charge in [0.15, 0.2) is 11.5 Å². The molecule has 0 amide bonds. The normalized spacial score (nSPS) is 11.5. The standard InChI is InChI=1S/C11H14F3N7/c1-3-15-10-18-7(11(12,13)14)4-8(19-10)16-5-9-17-6-21(2)20-9/h4,6H,3,5H2,1-2H3,(H2,15,16,18,19). The lowest BCUT2D eigenvalue weighted by Gasteiger charge is -2.11. The molecule has 2 aromatic heterocycles. The summed E-state index contributed by atoms with van der Waals surface area (Å²) in [6, 6.07) is 0.851. The molecule has 0 spiro atoms. The van der Waals surface area contributed by atoms with Gasteiger partial charge in [0.05, 0.1) is 6.54 Å². The Kier molecular flexibility index (Phi) is 4.24. The minimum atomic E-state index is -4.53. The van der Waals surface area contributed by atoms with E-state index in [-0.39, 0.29) is 18.3 Å². The average Bonchev–Trinajstić information content (AvgIpc) is 2.81. The molecule has 0 bridgehead atoms. The molecule has 7 nitrogen and oxygen atoms in total. The predicted octanol–water partition coefficient (Wildman–Crippen LogP) is 1.67. The summed E-state index contributed by atoms with van der Waals surface area (Å²) in [4.78, 5) is 11.4. The number of nitrogens with zero attached hydrogens (tertiary/aromatic N) is 5. The monoisotopic (exact) mass is 301 g/mol. The Morgan fingerprint density at radius 3 is 2.57 bits per heavy atom. The second kappa shape index (κ2) is 5.94. The van der Waals surface area contributed by atoms with Crippen LogP contribution in [-0.2, 0) is 19.8 Å². The number of nitrogens with one attached hydrogen (secondary N) is 2. The third-order valence-electron chi connectivity index (χ3n) is 2.43. The van der Waals surface area contributed by atoms with Crippen molar-refractivity contribution in [3.63, 3.8) is 0 Å². The van der Waals surface area contributed by atoms with Gasteiger partial charge in [-0.05, 0) is 6.92 Å². The third kappa shape index (κ3) is 4.04. The molecule has 0 aliphatic heterocycles. The van der Waals surface area contributed by atoms with Crippen LogP contribution >= 0.6 is 0 Å². The Bertz CT molecular complexity index is 608. The Hall–Kier alpha value is -2.39. The van der Waals surface area contributed by atoms with Crippen molar-refractivity contribution in [1.29, 1.82) is 0 Å². The number of aromatic nitrogens is 5. The van der Waals surface area contributed by atoms with Gasteiger partial charge >= 0.3 is 6.18 Å². The minimum Gasteiger partial charge on any atom is -0.363 e. The van der Waals surface area contributed by atoms with Crippen LogP contribution in [0, 0.1) is 0 Å². The van der Waals surface area contributed by atoms with E-state index in [1.165, 1.54) is 11.0 Å². The molecular formula is C11H14F3N7. The zero-order chi connectivity index (χ0) is 15.5. The molecule has 114 valence electrons. The van der Waals surface area contributed by atoms with E-state index in [9.17, 15) is 13.2 Å². The predicted molar refractivity (Wildman–Crippen MR) is 69.5 cm³/mol. The molecule has 2 heterocycles. The molecule has 0 unspecified atom stereocenters. The lowest BCUT2D eigenvalue weighted by atomic mass is 10.3. The van der Waals surface area contributed by atoms with E-state index in [0.717, 1.165) is 6.07 Å². The zero-order valence-corrected chi connectivity index (χ0v) is 11.4. The number of aryl methyl sites for hydroxylation is 1. The van der Waals surface area contributed by atoms with Gasteiger partial charge in [0.1, 0.15) is 12.1 Å². The topological polar surface area (TPSA) is 80.5 Å². The van der Waals surface area contributed by atoms with Crippen molar-refractivity contribution in [2.24, 2.45) is 7.05 Å². The summed E-state index contributed by atoms with van der Waals surface area (Å²) < 4.78 is 39.8. The van der Waals surface area contributed by atoms with Crippen LogP contribution < -0.4 is 10.6 Å². The van der Waals surface area contributed by atoms with Crippen molar-refractivity contribution in [2.45, 2.75) is 19.6 Å². The number of halogens is 3. The van der Waals surface area contributed by atoms with Crippen LogP contribution in [-0.4, -0.2) is 31.3 Å². The lowest BCUT2D eigenvalue weighted by molar-refractivity contribution is -0.141. The second-order valence-electron chi connectivity index (χ2n) is 4.18. The number of hydrogen-bond donors (Lipinski definition) is 2. The van der Waals surface area contributed by atoms with Crippen LogP contribution in [0.25, 0.3) is 0 Å².